The van der Waals surface area contributed by atoms with E-state index in [0.29, 0.717) is 11.5 Å². The van der Waals surface area contributed by atoms with Crippen molar-refractivity contribution in [3.8, 4) is 22.4 Å². The monoisotopic (exact) mass is 391 g/mol. The number of primary amides is 1. The van der Waals surface area contributed by atoms with Gasteiger partial charge in [0.2, 0.25) is 5.91 Å². The van der Waals surface area contributed by atoms with E-state index in [4.69, 9.17) is 5.73 Å². The molecule has 2 N–H and O–H groups in total. The number of nitrogens with zero attached hydrogens (tertiary/aromatic N) is 2. The average Bonchev–Trinajstić information content (AvgIpc) is 3.35. The van der Waals surface area contributed by atoms with Crippen molar-refractivity contribution in [1.29, 1.82) is 0 Å². The highest BCUT2D eigenvalue weighted by atomic mass is 19.1. The third kappa shape index (κ3) is 3.95. The molecule has 150 valence electrons. The van der Waals surface area contributed by atoms with E-state index < -0.39 is 5.91 Å². The Morgan fingerprint density at radius 1 is 1.14 bits per heavy atom. The Kier molecular flexibility index (Phi) is 4.77. The van der Waals surface area contributed by atoms with Gasteiger partial charge in [-0.3, -0.25) is 9.48 Å². The summed E-state index contributed by atoms with van der Waals surface area (Å²) in [6.45, 7) is 7.12. The number of aromatic nitrogens is 2. The van der Waals surface area contributed by atoms with Gasteiger partial charge in [-0.25, -0.2) is 4.39 Å². The van der Waals surface area contributed by atoms with Crippen LogP contribution in [0.3, 0.4) is 0 Å². The quantitative estimate of drug-likeness (QED) is 0.653. The molecule has 1 saturated carbocycles. The van der Waals surface area contributed by atoms with E-state index >= 15 is 0 Å². The van der Waals surface area contributed by atoms with Gasteiger partial charge in [0.1, 0.15) is 5.82 Å². The van der Waals surface area contributed by atoms with Crippen molar-refractivity contribution in [2.24, 2.45) is 11.7 Å². The molecule has 0 bridgehead atoms. The molecule has 0 unspecified atom stereocenters. The summed E-state index contributed by atoms with van der Waals surface area (Å²) in [7, 11) is 0. The Balaban J connectivity index is 1.97. The van der Waals surface area contributed by atoms with Gasteiger partial charge in [-0.15, -0.1) is 0 Å². The number of amides is 1. The van der Waals surface area contributed by atoms with Gasteiger partial charge in [0.15, 0.2) is 0 Å². The fourth-order valence-electron chi connectivity index (χ4n) is 3.91. The van der Waals surface area contributed by atoms with Crippen molar-refractivity contribution >= 4 is 5.91 Å². The second-order valence-electron chi connectivity index (χ2n) is 8.91. The number of rotatable bonds is 5. The highest BCUT2D eigenvalue weighted by molar-refractivity contribution is 5.98. The van der Waals surface area contributed by atoms with E-state index in [1.54, 1.807) is 18.3 Å². The summed E-state index contributed by atoms with van der Waals surface area (Å²) in [5.41, 5.74) is 10.5. The van der Waals surface area contributed by atoms with E-state index in [2.05, 4.69) is 31.9 Å². The van der Waals surface area contributed by atoms with Gasteiger partial charge in [-0.1, -0.05) is 32.9 Å². The molecule has 1 aliphatic rings. The van der Waals surface area contributed by atoms with E-state index in [-0.39, 0.29) is 11.2 Å². The molecule has 4 rings (SSSR count). The number of carbonyl (C=O) groups excluding carboxylic acids is 1. The maximum absolute atomic E-state index is 13.4. The van der Waals surface area contributed by atoms with Crippen LogP contribution in [0.4, 0.5) is 4.39 Å². The topological polar surface area (TPSA) is 60.9 Å². The lowest BCUT2D eigenvalue weighted by molar-refractivity contribution is 0.0998. The normalized spacial score (nSPS) is 14.2. The van der Waals surface area contributed by atoms with E-state index in [0.717, 1.165) is 34.5 Å². The third-order valence-corrected chi connectivity index (χ3v) is 5.45. The second-order valence-corrected chi connectivity index (χ2v) is 8.91. The Labute approximate surface area is 170 Å². The molecule has 0 atom stereocenters. The fraction of sp³-hybridized carbons (Fsp3) is 0.333. The molecule has 1 aromatic heterocycles. The molecular weight excluding hydrogens is 365 g/mol. The number of nitrogens with two attached hydrogens (primary N) is 1. The van der Waals surface area contributed by atoms with Crippen LogP contribution in [0.2, 0.25) is 0 Å². The standard InChI is InChI=1S/C24H26FN3O/c1-24(2,3)22-19(21-10-11-27-28(21)14-15-4-5-15)12-17(13-20(22)23(26)29)16-6-8-18(25)9-7-16/h6-13,15H,4-5,14H2,1-3H3,(H2,26,29). The molecular formula is C24H26FN3O. The fourth-order valence-corrected chi connectivity index (χ4v) is 3.91. The summed E-state index contributed by atoms with van der Waals surface area (Å²) >= 11 is 0. The predicted molar refractivity (Wildman–Crippen MR) is 113 cm³/mol. The first-order valence-corrected chi connectivity index (χ1v) is 10.0. The number of hydrogen-bond acceptors (Lipinski definition) is 2. The molecule has 0 radical (unpaired) electrons. The van der Waals surface area contributed by atoms with Crippen LogP contribution in [0.25, 0.3) is 22.4 Å². The van der Waals surface area contributed by atoms with Crippen molar-refractivity contribution in [3.63, 3.8) is 0 Å². The zero-order chi connectivity index (χ0) is 20.8. The van der Waals surface area contributed by atoms with Crippen molar-refractivity contribution < 1.29 is 9.18 Å². The van der Waals surface area contributed by atoms with Gasteiger partial charge in [-0.05, 0) is 71.2 Å². The maximum Gasteiger partial charge on any atom is 0.249 e. The summed E-state index contributed by atoms with van der Waals surface area (Å²) in [6.07, 6.45) is 4.26. The first kappa shape index (κ1) is 19.4. The molecule has 2 aromatic carbocycles. The van der Waals surface area contributed by atoms with E-state index in [1.165, 1.54) is 25.0 Å². The Bertz CT molecular complexity index is 1060. The van der Waals surface area contributed by atoms with Gasteiger partial charge in [-0.2, -0.15) is 5.10 Å². The zero-order valence-corrected chi connectivity index (χ0v) is 17.1. The minimum atomic E-state index is -0.464. The van der Waals surface area contributed by atoms with Crippen molar-refractivity contribution in [2.75, 3.05) is 0 Å². The van der Waals surface area contributed by atoms with Crippen LogP contribution in [0.1, 0.15) is 49.5 Å². The Morgan fingerprint density at radius 2 is 1.83 bits per heavy atom. The largest absolute Gasteiger partial charge is 0.366 e. The van der Waals surface area contributed by atoms with Crippen LogP contribution < -0.4 is 5.73 Å². The molecule has 0 aliphatic heterocycles. The first-order valence-electron chi connectivity index (χ1n) is 10.0. The van der Waals surface area contributed by atoms with E-state index in [9.17, 15) is 9.18 Å². The zero-order valence-electron chi connectivity index (χ0n) is 17.1. The molecule has 5 heteroatoms. The van der Waals surface area contributed by atoms with E-state index in [1.807, 2.05) is 16.8 Å². The molecule has 3 aromatic rings. The molecule has 4 nitrogen and oxygen atoms in total. The van der Waals surface area contributed by atoms with Gasteiger partial charge in [0, 0.05) is 23.9 Å². The summed E-state index contributed by atoms with van der Waals surface area (Å²) < 4.78 is 15.5. The van der Waals surface area contributed by atoms with Crippen LogP contribution >= 0.6 is 0 Å². The molecule has 29 heavy (non-hydrogen) atoms. The minimum absolute atomic E-state index is 0.294. The first-order chi connectivity index (χ1) is 13.7. The van der Waals surface area contributed by atoms with Crippen molar-refractivity contribution in [2.45, 2.75) is 45.6 Å². The van der Waals surface area contributed by atoms with Gasteiger partial charge in [0.05, 0.1) is 5.69 Å². The number of halogens is 1. The lowest BCUT2D eigenvalue weighted by atomic mass is 9.78. The molecule has 1 aliphatic carbocycles. The summed E-state index contributed by atoms with van der Waals surface area (Å²) in [5, 5.41) is 4.54. The number of hydrogen-bond donors (Lipinski definition) is 1. The van der Waals surface area contributed by atoms with Crippen molar-refractivity contribution in [1.82, 2.24) is 9.78 Å². The minimum Gasteiger partial charge on any atom is -0.366 e. The molecule has 1 amide bonds. The molecule has 0 saturated heterocycles. The predicted octanol–water partition coefficient (Wildman–Crippen LogP) is 5.16. The summed E-state index contributed by atoms with van der Waals surface area (Å²) in [4.78, 5) is 12.4. The molecule has 0 spiro atoms. The smallest absolute Gasteiger partial charge is 0.249 e. The maximum atomic E-state index is 13.4. The number of benzene rings is 2. The highest BCUT2D eigenvalue weighted by Crippen LogP contribution is 2.40. The van der Waals surface area contributed by atoms with Gasteiger partial charge < -0.3 is 5.73 Å². The lowest BCUT2D eigenvalue weighted by Crippen LogP contribution is -2.23. The van der Waals surface area contributed by atoms with Gasteiger partial charge in [0.25, 0.3) is 0 Å². The SMILES string of the molecule is CC(C)(C)c1c(C(N)=O)cc(-c2ccc(F)cc2)cc1-c1ccnn1CC1CC1. The molecule has 1 fully saturated rings. The third-order valence-electron chi connectivity index (χ3n) is 5.45. The van der Waals surface area contributed by atoms with Crippen LogP contribution in [0, 0.1) is 11.7 Å². The Hall–Kier alpha value is -2.95. The lowest BCUT2D eigenvalue weighted by Gasteiger charge is -2.27. The second kappa shape index (κ2) is 7.14. The summed E-state index contributed by atoms with van der Waals surface area (Å²) in [6, 6.07) is 12.2. The molecule has 1 heterocycles. The van der Waals surface area contributed by atoms with Crippen molar-refractivity contribution in [3.05, 3.63) is 65.6 Å². The highest BCUT2D eigenvalue weighted by Gasteiger charge is 2.29. The van der Waals surface area contributed by atoms with Crippen LogP contribution in [-0.4, -0.2) is 15.7 Å². The van der Waals surface area contributed by atoms with Crippen LogP contribution in [-0.2, 0) is 12.0 Å². The summed E-state index contributed by atoms with van der Waals surface area (Å²) in [5.74, 6) is -0.0889. The Morgan fingerprint density at radius 3 is 2.41 bits per heavy atom. The number of carbonyl (C=O) groups is 1. The van der Waals surface area contributed by atoms with Crippen LogP contribution in [0.15, 0.2) is 48.7 Å². The average molecular weight is 391 g/mol. The van der Waals surface area contributed by atoms with Gasteiger partial charge >= 0.3 is 0 Å². The van der Waals surface area contributed by atoms with Crippen LogP contribution in [0.5, 0.6) is 0 Å².